The van der Waals surface area contributed by atoms with Crippen molar-refractivity contribution in [3.8, 4) is 5.75 Å². The molecule has 4 nitrogen and oxygen atoms in total. The summed E-state index contributed by atoms with van der Waals surface area (Å²) in [7, 11) is 0. The second-order valence-electron chi connectivity index (χ2n) is 5.85. The molecular weight excluding hydrogens is 325 g/mol. The number of carbonyl (C=O) groups is 2. The van der Waals surface area contributed by atoms with E-state index in [2.05, 4.69) is 0 Å². The number of amides is 1. The monoisotopic (exact) mass is 341 g/mol. The highest BCUT2D eigenvalue weighted by Crippen LogP contribution is 2.40. The van der Waals surface area contributed by atoms with Crippen LogP contribution in [0.3, 0.4) is 0 Å². The van der Waals surface area contributed by atoms with Crippen LogP contribution in [-0.2, 0) is 4.79 Å². The van der Waals surface area contributed by atoms with E-state index in [-0.39, 0.29) is 11.7 Å². The molecule has 0 bridgehead atoms. The van der Waals surface area contributed by atoms with E-state index < -0.39 is 5.60 Å². The summed E-state index contributed by atoms with van der Waals surface area (Å²) in [6.07, 6.45) is 2.03. The van der Waals surface area contributed by atoms with Crippen molar-refractivity contribution in [1.29, 1.82) is 0 Å². The van der Waals surface area contributed by atoms with Gasteiger partial charge in [-0.15, -0.1) is 11.6 Å². The molecular formula is C16H17Cl2NO3. The van der Waals surface area contributed by atoms with Gasteiger partial charge in [0, 0.05) is 43.3 Å². The van der Waals surface area contributed by atoms with Crippen molar-refractivity contribution in [2.75, 3.05) is 19.0 Å². The van der Waals surface area contributed by atoms with Gasteiger partial charge in [-0.1, -0.05) is 11.6 Å². The van der Waals surface area contributed by atoms with Gasteiger partial charge in [0.25, 0.3) is 0 Å². The van der Waals surface area contributed by atoms with Gasteiger partial charge in [-0.25, -0.2) is 0 Å². The lowest BCUT2D eigenvalue weighted by Crippen LogP contribution is -2.52. The Morgan fingerprint density at radius 1 is 1.32 bits per heavy atom. The number of fused-ring (bicyclic) bond motifs is 1. The molecule has 6 heteroatoms. The quantitative estimate of drug-likeness (QED) is 0.775. The highest BCUT2D eigenvalue weighted by Gasteiger charge is 2.43. The Bertz CT molecular complexity index is 609. The number of carbonyl (C=O) groups excluding carboxylic acids is 2. The summed E-state index contributed by atoms with van der Waals surface area (Å²) in [6, 6.07) is 5.14. The zero-order valence-corrected chi connectivity index (χ0v) is 13.6. The number of hydrogen-bond acceptors (Lipinski definition) is 3. The molecule has 1 amide bonds. The molecule has 0 saturated carbocycles. The Hall–Kier alpha value is -1.26. The first-order valence-electron chi connectivity index (χ1n) is 7.38. The smallest absolute Gasteiger partial charge is 0.223 e. The molecule has 2 heterocycles. The van der Waals surface area contributed by atoms with Crippen LogP contribution in [0.15, 0.2) is 18.2 Å². The predicted molar refractivity (Wildman–Crippen MR) is 84.9 cm³/mol. The molecule has 0 atom stereocenters. The molecule has 0 radical (unpaired) electrons. The van der Waals surface area contributed by atoms with Gasteiger partial charge in [0.1, 0.15) is 11.4 Å². The minimum atomic E-state index is -0.490. The lowest BCUT2D eigenvalue weighted by Gasteiger charge is -2.44. The predicted octanol–water partition coefficient (Wildman–Crippen LogP) is 3.30. The Morgan fingerprint density at radius 2 is 2.05 bits per heavy atom. The molecule has 0 aromatic heterocycles. The van der Waals surface area contributed by atoms with Gasteiger partial charge in [-0.2, -0.15) is 0 Å². The van der Waals surface area contributed by atoms with E-state index in [1.54, 1.807) is 23.1 Å². The third-order valence-corrected chi connectivity index (χ3v) is 4.81. The molecule has 3 rings (SSSR count). The SMILES string of the molecule is O=C1CC2(CCN(C(=O)CCCl)CC2)Oc2ccc(Cl)cc21. The Labute approximate surface area is 139 Å². The number of ether oxygens (including phenoxy) is 1. The first-order chi connectivity index (χ1) is 10.5. The molecule has 0 N–H and O–H groups in total. The van der Waals surface area contributed by atoms with E-state index in [1.165, 1.54) is 0 Å². The van der Waals surface area contributed by atoms with Crippen molar-refractivity contribution < 1.29 is 14.3 Å². The summed E-state index contributed by atoms with van der Waals surface area (Å²) in [5.74, 6) is 1.06. The van der Waals surface area contributed by atoms with Crippen LogP contribution in [0.1, 0.15) is 36.0 Å². The van der Waals surface area contributed by atoms with Crippen molar-refractivity contribution >= 4 is 34.9 Å². The maximum Gasteiger partial charge on any atom is 0.223 e. The molecule has 2 aliphatic rings. The Balaban J connectivity index is 1.73. The number of halogens is 2. The molecule has 1 saturated heterocycles. The number of hydrogen-bond donors (Lipinski definition) is 0. The Morgan fingerprint density at radius 3 is 2.73 bits per heavy atom. The molecule has 118 valence electrons. The summed E-state index contributed by atoms with van der Waals surface area (Å²) in [4.78, 5) is 26.1. The molecule has 0 unspecified atom stereocenters. The summed E-state index contributed by atoms with van der Waals surface area (Å²) in [5.41, 5.74) is 0.0640. The van der Waals surface area contributed by atoms with Gasteiger partial charge in [0.2, 0.25) is 5.91 Å². The van der Waals surface area contributed by atoms with Crippen LogP contribution in [0, 0.1) is 0 Å². The van der Waals surface area contributed by atoms with Gasteiger partial charge in [-0.3, -0.25) is 9.59 Å². The number of Topliss-reactive ketones (excluding diaryl/α,β-unsaturated/α-hetero) is 1. The average molecular weight is 342 g/mol. The first-order valence-corrected chi connectivity index (χ1v) is 8.30. The fourth-order valence-corrected chi connectivity index (χ4v) is 3.48. The van der Waals surface area contributed by atoms with Crippen LogP contribution in [-0.4, -0.2) is 41.2 Å². The average Bonchev–Trinajstić information content (AvgIpc) is 2.49. The normalized spacial score (nSPS) is 19.7. The first kappa shape index (κ1) is 15.6. The second-order valence-corrected chi connectivity index (χ2v) is 6.66. The van der Waals surface area contributed by atoms with E-state index in [1.807, 2.05) is 0 Å². The number of nitrogens with zero attached hydrogens (tertiary/aromatic N) is 1. The minimum absolute atomic E-state index is 0.0595. The van der Waals surface area contributed by atoms with Gasteiger partial charge in [-0.05, 0) is 18.2 Å². The van der Waals surface area contributed by atoms with E-state index in [4.69, 9.17) is 27.9 Å². The molecule has 2 aliphatic heterocycles. The van der Waals surface area contributed by atoms with Crippen molar-refractivity contribution in [3.05, 3.63) is 28.8 Å². The fourth-order valence-electron chi connectivity index (χ4n) is 3.15. The standard InChI is InChI=1S/C16H17Cl2NO3/c17-6-3-15(21)19-7-4-16(5-8-19)10-13(20)12-9-11(18)1-2-14(12)22-16/h1-2,9H,3-8,10H2. The molecule has 22 heavy (non-hydrogen) atoms. The van der Waals surface area contributed by atoms with Crippen LogP contribution < -0.4 is 4.74 Å². The van der Waals surface area contributed by atoms with Crippen LogP contribution in [0.5, 0.6) is 5.75 Å². The molecule has 0 aliphatic carbocycles. The van der Waals surface area contributed by atoms with Crippen molar-refractivity contribution in [2.24, 2.45) is 0 Å². The highest BCUT2D eigenvalue weighted by molar-refractivity contribution is 6.31. The van der Waals surface area contributed by atoms with Crippen LogP contribution in [0.25, 0.3) is 0 Å². The third kappa shape index (κ3) is 2.95. The third-order valence-electron chi connectivity index (χ3n) is 4.39. The van der Waals surface area contributed by atoms with E-state index in [9.17, 15) is 9.59 Å². The fraction of sp³-hybridized carbons (Fsp3) is 0.500. The highest BCUT2D eigenvalue weighted by atomic mass is 35.5. The zero-order valence-electron chi connectivity index (χ0n) is 12.1. The van der Waals surface area contributed by atoms with Gasteiger partial charge >= 0.3 is 0 Å². The maximum absolute atomic E-state index is 12.4. The number of likely N-dealkylation sites (tertiary alicyclic amines) is 1. The molecule has 1 aromatic carbocycles. The minimum Gasteiger partial charge on any atom is -0.486 e. The molecule has 1 aromatic rings. The summed E-state index contributed by atoms with van der Waals surface area (Å²) >= 11 is 11.6. The lowest BCUT2D eigenvalue weighted by atomic mass is 9.82. The van der Waals surface area contributed by atoms with E-state index in [0.29, 0.717) is 61.0 Å². The molecule has 1 spiro atoms. The largest absolute Gasteiger partial charge is 0.486 e. The maximum atomic E-state index is 12.4. The Kier molecular flexibility index (Phi) is 4.33. The van der Waals surface area contributed by atoms with Crippen molar-refractivity contribution in [3.63, 3.8) is 0 Å². The van der Waals surface area contributed by atoms with Crippen LogP contribution >= 0.6 is 23.2 Å². The summed E-state index contributed by atoms with van der Waals surface area (Å²) in [6.45, 7) is 1.21. The van der Waals surface area contributed by atoms with E-state index in [0.717, 1.165) is 0 Å². The number of rotatable bonds is 2. The number of piperidine rings is 1. The van der Waals surface area contributed by atoms with Crippen LogP contribution in [0.4, 0.5) is 0 Å². The molecule has 1 fully saturated rings. The lowest BCUT2D eigenvalue weighted by molar-refractivity contribution is -0.134. The second kappa shape index (κ2) is 6.09. The number of alkyl halides is 1. The summed E-state index contributed by atoms with van der Waals surface area (Å²) < 4.78 is 6.13. The van der Waals surface area contributed by atoms with Crippen LogP contribution in [0.2, 0.25) is 5.02 Å². The zero-order chi connectivity index (χ0) is 15.7. The van der Waals surface area contributed by atoms with Gasteiger partial charge in [0.05, 0.1) is 12.0 Å². The van der Waals surface area contributed by atoms with Crippen molar-refractivity contribution in [1.82, 2.24) is 4.90 Å². The van der Waals surface area contributed by atoms with Crippen molar-refractivity contribution in [2.45, 2.75) is 31.3 Å². The van der Waals surface area contributed by atoms with E-state index >= 15 is 0 Å². The summed E-state index contributed by atoms with van der Waals surface area (Å²) in [5, 5.41) is 0.535. The van der Waals surface area contributed by atoms with Gasteiger partial charge < -0.3 is 9.64 Å². The number of benzene rings is 1. The topological polar surface area (TPSA) is 46.6 Å². The number of ketones is 1. The van der Waals surface area contributed by atoms with Gasteiger partial charge in [0.15, 0.2) is 5.78 Å².